The lowest BCUT2D eigenvalue weighted by molar-refractivity contribution is 0.0938. The summed E-state index contributed by atoms with van der Waals surface area (Å²) in [6, 6.07) is 7.00. The van der Waals surface area contributed by atoms with Crippen molar-refractivity contribution in [3.8, 4) is 0 Å². The number of fused-ring (bicyclic) bond motifs is 2. The number of hydrogen-bond donors (Lipinski definition) is 2. The first kappa shape index (κ1) is 20.2. The second kappa shape index (κ2) is 8.11. The maximum atomic E-state index is 12.9. The van der Waals surface area contributed by atoms with Crippen LogP contribution < -0.4 is 16.0 Å². The third-order valence-corrected chi connectivity index (χ3v) is 7.83. The van der Waals surface area contributed by atoms with Gasteiger partial charge < -0.3 is 16.0 Å². The van der Waals surface area contributed by atoms with Gasteiger partial charge in [-0.15, -0.1) is 11.3 Å². The summed E-state index contributed by atoms with van der Waals surface area (Å²) in [4.78, 5) is 25.5. The topological polar surface area (TPSA) is 84.1 Å². The highest BCUT2D eigenvalue weighted by Gasteiger charge is 2.26. The molecule has 31 heavy (non-hydrogen) atoms. The van der Waals surface area contributed by atoms with Crippen molar-refractivity contribution in [2.24, 2.45) is 5.92 Å². The van der Waals surface area contributed by atoms with Crippen molar-refractivity contribution >= 4 is 39.0 Å². The molecule has 7 heteroatoms. The van der Waals surface area contributed by atoms with E-state index in [0.29, 0.717) is 16.1 Å². The lowest BCUT2D eigenvalue weighted by Crippen LogP contribution is -2.38. The van der Waals surface area contributed by atoms with Gasteiger partial charge in [0.05, 0.1) is 11.4 Å². The van der Waals surface area contributed by atoms with Crippen LogP contribution in [-0.2, 0) is 12.8 Å². The van der Waals surface area contributed by atoms with Crippen molar-refractivity contribution in [3.05, 3.63) is 46.1 Å². The van der Waals surface area contributed by atoms with Crippen LogP contribution >= 0.6 is 11.3 Å². The van der Waals surface area contributed by atoms with Crippen LogP contribution in [0.25, 0.3) is 10.3 Å². The molecule has 3 heterocycles. The number of aromatic nitrogens is 2. The fraction of sp³-hybridized carbons (Fsp3) is 0.458. The number of aryl methyl sites for hydroxylation is 2. The van der Waals surface area contributed by atoms with E-state index in [1.54, 1.807) is 6.20 Å². The minimum Gasteiger partial charge on any atom is -0.396 e. The van der Waals surface area contributed by atoms with Crippen molar-refractivity contribution in [1.82, 2.24) is 15.3 Å². The van der Waals surface area contributed by atoms with Crippen molar-refractivity contribution in [3.63, 3.8) is 0 Å². The van der Waals surface area contributed by atoms with Crippen LogP contribution in [0.5, 0.6) is 0 Å². The first-order valence-electron chi connectivity index (χ1n) is 11.2. The average molecular weight is 436 g/mol. The van der Waals surface area contributed by atoms with Gasteiger partial charge >= 0.3 is 0 Å². The summed E-state index contributed by atoms with van der Waals surface area (Å²) in [7, 11) is 0. The van der Waals surface area contributed by atoms with Crippen LogP contribution in [0.1, 0.15) is 52.7 Å². The third kappa shape index (κ3) is 3.87. The number of nitrogens with zero attached hydrogens (tertiary/aromatic N) is 3. The molecule has 3 aromatic rings. The number of rotatable bonds is 4. The summed E-state index contributed by atoms with van der Waals surface area (Å²) in [5.41, 5.74) is 12.2. The molecular weight excluding hydrogens is 406 g/mol. The minimum absolute atomic E-state index is 0.118. The Kier molecular flexibility index (Phi) is 5.30. The number of nitrogens with two attached hydrogens (primary N) is 1. The quantitative estimate of drug-likeness (QED) is 0.644. The van der Waals surface area contributed by atoms with Gasteiger partial charge in [-0.05, 0) is 61.8 Å². The number of hydrogen-bond acceptors (Lipinski definition) is 6. The number of nitrogen functional groups attached to an aromatic ring is 1. The fourth-order valence-electron chi connectivity index (χ4n) is 4.85. The van der Waals surface area contributed by atoms with Gasteiger partial charge in [-0.25, -0.2) is 9.97 Å². The van der Waals surface area contributed by atoms with E-state index in [1.165, 1.54) is 47.5 Å². The van der Waals surface area contributed by atoms with Gasteiger partial charge in [0.1, 0.15) is 15.2 Å². The molecule has 0 saturated carbocycles. The number of carbonyl (C=O) groups is 1. The molecule has 1 amide bonds. The number of anilines is 2. The van der Waals surface area contributed by atoms with Crippen molar-refractivity contribution < 1.29 is 4.79 Å². The predicted molar refractivity (Wildman–Crippen MR) is 127 cm³/mol. The SMILES string of the molecule is CC[C@@H]1CCN(c2ccc3c(c2)CC[C@@H](NC(=O)c2sc4nc(C)cnc4c2N)C3)C1. The van der Waals surface area contributed by atoms with Gasteiger partial charge in [-0.1, -0.05) is 19.4 Å². The van der Waals surface area contributed by atoms with Gasteiger partial charge in [0.15, 0.2) is 0 Å². The molecule has 6 nitrogen and oxygen atoms in total. The molecule has 2 aliphatic rings. The first-order valence-corrected chi connectivity index (χ1v) is 12.0. The molecule has 0 radical (unpaired) electrons. The largest absolute Gasteiger partial charge is 0.396 e. The van der Waals surface area contributed by atoms with E-state index in [-0.39, 0.29) is 11.9 Å². The van der Waals surface area contributed by atoms with Crippen LogP contribution in [0.3, 0.4) is 0 Å². The highest BCUT2D eigenvalue weighted by molar-refractivity contribution is 7.21. The highest BCUT2D eigenvalue weighted by atomic mass is 32.1. The second-order valence-corrected chi connectivity index (χ2v) is 9.88. The zero-order chi connectivity index (χ0) is 21.5. The van der Waals surface area contributed by atoms with Gasteiger partial charge in [0.25, 0.3) is 5.91 Å². The smallest absolute Gasteiger partial charge is 0.263 e. The lowest BCUT2D eigenvalue weighted by atomic mass is 9.87. The second-order valence-electron chi connectivity index (χ2n) is 8.89. The summed E-state index contributed by atoms with van der Waals surface area (Å²) in [5, 5.41) is 3.20. The van der Waals surface area contributed by atoms with E-state index in [1.807, 2.05) is 6.92 Å². The summed E-state index contributed by atoms with van der Waals surface area (Å²) in [5.74, 6) is 0.707. The van der Waals surface area contributed by atoms with Gasteiger partial charge in [0.2, 0.25) is 0 Å². The molecule has 1 aromatic carbocycles. The molecule has 1 aliphatic heterocycles. The van der Waals surface area contributed by atoms with Crippen molar-refractivity contribution in [2.75, 3.05) is 23.7 Å². The van der Waals surface area contributed by atoms with Crippen LogP contribution in [0, 0.1) is 12.8 Å². The van der Waals surface area contributed by atoms with E-state index >= 15 is 0 Å². The zero-order valence-corrected chi connectivity index (χ0v) is 19.0. The van der Waals surface area contributed by atoms with Crippen molar-refractivity contribution in [1.29, 1.82) is 0 Å². The monoisotopic (exact) mass is 435 g/mol. The predicted octanol–water partition coefficient (Wildman–Crippen LogP) is 4.11. The van der Waals surface area contributed by atoms with E-state index in [4.69, 9.17) is 5.73 Å². The molecule has 3 N–H and O–H groups in total. The van der Waals surface area contributed by atoms with Gasteiger partial charge in [-0.3, -0.25) is 4.79 Å². The Balaban J connectivity index is 1.28. The maximum Gasteiger partial charge on any atom is 0.263 e. The number of carbonyl (C=O) groups excluding carboxylic acids is 1. The molecule has 2 aromatic heterocycles. The van der Waals surface area contributed by atoms with Crippen LogP contribution in [0.15, 0.2) is 24.4 Å². The van der Waals surface area contributed by atoms with Gasteiger partial charge in [0, 0.05) is 31.0 Å². The van der Waals surface area contributed by atoms with Gasteiger partial charge in [-0.2, -0.15) is 0 Å². The minimum atomic E-state index is -0.118. The molecule has 0 spiro atoms. The first-order chi connectivity index (χ1) is 15.0. The Bertz CT molecular complexity index is 1140. The molecule has 162 valence electrons. The summed E-state index contributed by atoms with van der Waals surface area (Å²) < 4.78 is 0. The molecule has 2 atom stereocenters. The Morgan fingerprint density at radius 3 is 3.00 bits per heavy atom. The number of thiophene rings is 1. The van der Waals surface area contributed by atoms with E-state index in [0.717, 1.165) is 42.2 Å². The Hall–Kier alpha value is -2.67. The normalized spacial score (nSPS) is 20.8. The Morgan fingerprint density at radius 1 is 1.32 bits per heavy atom. The van der Waals surface area contributed by atoms with Crippen LogP contribution in [0.2, 0.25) is 0 Å². The molecular formula is C24H29N5OS. The fourth-order valence-corrected chi connectivity index (χ4v) is 5.85. The van der Waals surface area contributed by atoms with Crippen molar-refractivity contribution in [2.45, 2.75) is 52.0 Å². The molecule has 1 saturated heterocycles. The summed E-state index contributed by atoms with van der Waals surface area (Å²) in [6.45, 7) is 6.51. The average Bonchev–Trinajstić information content (AvgIpc) is 3.38. The molecule has 1 aliphatic carbocycles. The van der Waals surface area contributed by atoms with E-state index in [9.17, 15) is 4.79 Å². The Labute approximate surface area is 186 Å². The van der Waals surface area contributed by atoms with E-state index in [2.05, 4.69) is 45.3 Å². The molecule has 1 fully saturated rings. The third-order valence-electron chi connectivity index (χ3n) is 6.75. The van der Waals surface area contributed by atoms with E-state index < -0.39 is 0 Å². The van der Waals surface area contributed by atoms with Crippen LogP contribution in [0.4, 0.5) is 11.4 Å². The zero-order valence-electron chi connectivity index (χ0n) is 18.1. The summed E-state index contributed by atoms with van der Waals surface area (Å²) in [6.07, 6.45) is 7.04. The number of amides is 1. The number of benzene rings is 1. The molecule has 0 bridgehead atoms. The highest BCUT2D eigenvalue weighted by Crippen LogP contribution is 2.33. The maximum absolute atomic E-state index is 12.9. The lowest BCUT2D eigenvalue weighted by Gasteiger charge is -2.27. The summed E-state index contributed by atoms with van der Waals surface area (Å²) >= 11 is 1.32. The van der Waals surface area contributed by atoms with Crippen LogP contribution in [-0.4, -0.2) is 35.0 Å². The standard InChI is InChI=1S/C24H29N5OS/c1-3-15-8-9-29(13-15)19-7-5-16-10-18(6-4-17(16)11-19)28-23(30)22-20(25)21-24(31-22)27-14(2)12-26-21/h5,7,11-12,15,18H,3-4,6,8-10,13,25H2,1-2H3,(H,28,30)/t15-,18-/m1/s1. The Morgan fingerprint density at radius 2 is 2.19 bits per heavy atom. The molecule has 5 rings (SSSR count). The molecule has 0 unspecified atom stereocenters. The number of nitrogens with one attached hydrogen (secondary N) is 1.